The summed E-state index contributed by atoms with van der Waals surface area (Å²) in [7, 11) is 0. The summed E-state index contributed by atoms with van der Waals surface area (Å²) in [4.78, 5) is 22.7. The Balaban J connectivity index is 2.03. The van der Waals surface area contributed by atoms with E-state index >= 15 is 0 Å². The molecular formula is C19H21N5OS. The highest BCUT2D eigenvalue weighted by molar-refractivity contribution is 7.98. The number of hydrogen-bond acceptors (Lipinski definition) is 6. The molecule has 0 radical (unpaired) electrons. The Labute approximate surface area is 157 Å². The van der Waals surface area contributed by atoms with Gasteiger partial charge in [0.15, 0.2) is 11.0 Å². The van der Waals surface area contributed by atoms with E-state index in [1.165, 1.54) is 11.8 Å². The van der Waals surface area contributed by atoms with Gasteiger partial charge >= 0.3 is 0 Å². The van der Waals surface area contributed by atoms with Gasteiger partial charge in [0.2, 0.25) is 5.91 Å². The highest BCUT2D eigenvalue weighted by Crippen LogP contribution is 2.32. The van der Waals surface area contributed by atoms with E-state index in [1.54, 1.807) is 0 Å². The third-order valence-corrected chi connectivity index (χ3v) is 5.23. The Kier molecular flexibility index (Phi) is 5.43. The molecule has 2 aromatic rings. The molecule has 3 rings (SSSR count). The predicted octanol–water partition coefficient (Wildman–Crippen LogP) is 2.75. The Morgan fingerprint density at radius 1 is 1.27 bits per heavy atom. The molecule has 1 saturated heterocycles. The van der Waals surface area contributed by atoms with E-state index in [9.17, 15) is 10.1 Å². The van der Waals surface area contributed by atoms with Crippen LogP contribution in [0, 0.1) is 24.2 Å². The minimum atomic E-state index is -0.252. The van der Waals surface area contributed by atoms with Crippen LogP contribution >= 0.6 is 11.8 Å². The number of aromatic nitrogens is 2. The molecule has 0 saturated carbocycles. The molecule has 1 aliphatic heterocycles. The average molecular weight is 367 g/mol. The lowest BCUT2D eigenvalue weighted by atomic mass is 9.96. The number of thioether (sulfide) groups is 1. The van der Waals surface area contributed by atoms with E-state index in [2.05, 4.69) is 20.9 Å². The lowest BCUT2D eigenvalue weighted by Crippen LogP contribution is -2.39. The third kappa shape index (κ3) is 3.65. The van der Waals surface area contributed by atoms with Crippen LogP contribution in [0.15, 0.2) is 29.4 Å². The van der Waals surface area contributed by atoms with Gasteiger partial charge in [-0.05, 0) is 26.0 Å². The maximum Gasteiger partial charge on any atom is 0.220 e. The number of piperidine rings is 1. The molecule has 2 heterocycles. The summed E-state index contributed by atoms with van der Waals surface area (Å²) < 4.78 is 0. The van der Waals surface area contributed by atoms with Crippen LogP contribution in [-0.2, 0) is 4.79 Å². The SMILES string of the molecule is CSc1nc(-c2ccc(C)cc2)c(C#N)c(N2CCC(C(N)=O)CC2)n1. The maximum atomic E-state index is 11.4. The second kappa shape index (κ2) is 7.75. The maximum absolute atomic E-state index is 11.4. The van der Waals surface area contributed by atoms with E-state index < -0.39 is 0 Å². The summed E-state index contributed by atoms with van der Waals surface area (Å²) >= 11 is 1.45. The number of carbonyl (C=O) groups excluding carboxylic acids is 1. The molecule has 7 heteroatoms. The van der Waals surface area contributed by atoms with Crippen molar-refractivity contribution in [1.29, 1.82) is 5.26 Å². The van der Waals surface area contributed by atoms with Crippen molar-refractivity contribution in [3.8, 4) is 17.3 Å². The minimum absolute atomic E-state index is 0.102. The van der Waals surface area contributed by atoms with Gasteiger partial charge in [-0.15, -0.1) is 0 Å². The van der Waals surface area contributed by atoms with Crippen LogP contribution in [0.4, 0.5) is 5.82 Å². The number of hydrogen-bond donors (Lipinski definition) is 1. The number of anilines is 1. The van der Waals surface area contributed by atoms with Gasteiger partial charge < -0.3 is 10.6 Å². The zero-order valence-electron chi connectivity index (χ0n) is 14.9. The molecule has 26 heavy (non-hydrogen) atoms. The van der Waals surface area contributed by atoms with Crippen molar-refractivity contribution < 1.29 is 4.79 Å². The lowest BCUT2D eigenvalue weighted by Gasteiger charge is -2.32. The summed E-state index contributed by atoms with van der Waals surface area (Å²) in [6.45, 7) is 3.33. The number of nitriles is 1. The average Bonchev–Trinajstić information content (AvgIpc) is 2.67. The Morgan fingerprint density at radius 3 is 2.46 bits per heavy atom. The number of aryl methyl sites for hydroxylation is 1. The molecule has 1 aliphatic rings. The molecule has 0 atom stereocenters. The van der Waals surface area contributed by atoms with Crippen LogP contribution < -0.4 is 10.6 Å². The molecule has 1 amide bonds. The van der Waals surface area contributed by atoms with Gasteiger partial charge in [0, 0.05) is 24.6 Å². The highest BCUT2D eigenvalue weighted by Gasteiger charge is 2.27. The third-order valence-electron chi connectivity index (χ3n) is 4.69. The highest BCUT2D eigenvalue weighted by atomic mass is 32.2. The van der Waals surface area contributed by atoms with E-state index in [-0.39, 0.29) is 11.8 Å². The van der Waals surface area contributed by atoms with E-state index in [0.717, 1.165) is 11.1 Å². The van der Waals surface area contributed by atoms with Gasteiger partial charge in [-0.25, -0.2) is 9.97 Å². The van der Waals surface area contributed by atoms with Gasteiger partial charge in [0.05, 0.1) is 5.69 Å². The molecule has 1 fully saturated rings. The van der Waals surface area contributed by atoms with Gasteiger partial charge in [-0.3, -0.25) is 4.79 Å². The predicted molar refractivity (Wildman–Crippen MR) is 103 cm³/mol. The second-order valence-corrected chi connectivity index (χ2v) is 7.17. The van der Waals surface area contributed by atoms with E-state index in [1.807, 2.05) is 37.4 Å². The smallest absolute Gasteiger partial charge is 0.220 e. The zero-order chi connectivity index (χ0) is 18.7. The van der Waals surface area contributed by atoms with Gasteiger partial charge in [-0.1, -0.05) is 41.6 Å². The van der Waals surface area contributed by atoms with Crippen LogP contribution in [0.2, 0.25) is 0 Å². The molecule has 1 aromatic heterocycles. The number of carbonyl (C=O) groups is 1. The number of amides is 1. The van der Waals surface area contributed by atoms with Crippen LogP contribution in [-0.4, -0.2) is 35.2 Å². The zero-order valence-corrected chi connectivity index (χ0v) is 15.7. The summed E-state index contributed by atoms with van der Waals surface area (Å²) in [6.07, 6.45) is 3.28. The van der Waals surface area contributed by atoms with Crippen molar-refractivity contribution in [3.05, 3.63) is 35.4 Å². The Bertz CT molecular complexity index is 851. The first-order valence-corrected chi connectivity index (χ1v) is 9.73. The van der Waals surface area contributed by atoms with Crippen LogP contribution in [0.3, 0.4) is 0 Å². The van der Waals surface area contributed by atoms with Gasteiger partial charge in [-0.2, -0.15) is 5.26 Å². The fraction of sp³-hybridized carbons (Fsp3) is 0.368. The molecule has 0 unspecified atom stereocenters. The minimum Gasteiger partial charge on any atom is -0.369 e. The fourth-order valence-electron chi connectivity index (χ4n) is 3.15. The van der Waals surface area contributed by atoms with Crippen molar-refractivity contribution in [2.24, 2.45) is 11.7 Å². The quantitative estimate of drug-likeness (QED) is 0.659. The normalized spacial score (nSPS) is 14.9. The fourth-order valence-corrected chi connectivity index (χ4v) is 3.51. The van der Waals surface area contributed by atoms with Crippen LogP contribution in [0.1, 0.15) is 24.0 Å². The van der Waals surface area contributed by atoms with Crippen molar-refractivity contribution >= 4 is 23.5 Å². The van der Waals surface area contributed by atoms with E-state index in [4.69, 9.17) is 5.73 Å². The Morgan fingerprint density at radius 2 is 1.92 bits per heavy atom. The first-order chi connectivity index (χ1) is 12.5. The molecule has 2 N–H and O–H groups in total. The number of rotatable bonds is 4. The van der Waals surface area contributed by atoms with Gasteiger partial charge in [0.25, 0.3) is 0 Å². The van der Waals surface area contributed by atoms with Crippen molar-refractivity contribution in [3.63, 3.8) is 0 Å². The number of primary amides is 1. The van der Waals surface area contributed by atoms with E-state index in [0.29, 0.717) is 48.2 Å². The monoisotopic (exact) mass is 367 g/mol. The molecular weight excluding hydrogens is 346 g/mol. The van der Waals surface area contributed by atoms with Crippen molar-refractivity contribution in [2.45, 2.75) is 24.9 Å². The van der Waals surface area contributed by atoms with Gasteiger partial charge in [0.1, 0.15) is 11.6 Å². The summed E-state index contributed by atoms with van der Waals surface area (Å²) in [6, 6.07) is 10.3. The molecule has 0 bridgehead atoms. The van der Waals surface area contributed by atoms with Crippen LogP contribution in [0.5, 0.6) is 0 Å². The number of nitrogens with zero attached hydrogens (tertiary/aromatic N) is 4. The summed E-state index contributed by atoms with van der Waals surface area (Å²) in [5.41, 5.74) is 8.61. The lowest BCUT2D eigenvalue weighted by molar-refractivity contribution is -0.122. The molecule has 0 aliphatic carbocycles. The first-order valence-electron chi connectivity index (χ1n) is 8.51. The summed E-state index contributed by atoms with van der Waals surface area (Å²) in [5, 5.41) is 10.4. The van der Waals surface area contributed by atoms with Crippen LogP contribution in [0.25, 0.3) is 11.3 Å². The second-order valence-electron chi connectivity index (χ2n) is 6.40. The largest absolute Gasteiger partial charge is 0.369 e. The summed E-state index contributed by atoms with van der Waals surface area (Å²) in [5.74, 6) is 0.290. The number of benzene rings is 1. The molecule has 134 valence electrons. The number of nitrogens with two attached hydrogens (primary N) is 1. The molecule has 0 spiro atoms. The Hall–Kier alpha value is -2.59. The topological polar surface area (TPSA) is 95.9 Å². The molecule has 6 nitrogen and oxygen atoms in total. The first kappa shape index (κ1) is 18.2. The molecule has 1 aromatic carbocycles. The van der Waals surface area contributed by atoms with Crippen molar-refractivity contribution in [1.82, 2.24) is 9.97 Å². The standard InChI is InChI=1S/C19H21N5OS/c1-12-3-5-13(6-4-12)16-15(11-20)18(23-19(22-16)26-2)24-9-7-14(8-10-24)17(21)25/h3-6,14H,7-10H2,1-2H3,(H2,21,25). The van der Waals surface area contributed by atoms with Crippen molar-refractivity contribution in [2.75, 3.05) is 24.2 Å².